The molecule has 30 heavy (non-hydrogen) atoms. The van der Waals surface area contributed by atoms with Gasteiger partial charge in [0, 0.05) is 11.7 Å². The van der Waals surface area contributed by atoms with E-state index >= 15 is 0 Å². The fraction of sp³-hybridized carbons (Fsp3) is 0.375. The molecule has 0 bridgehead atoms. The van der Waals surface area contributed by atoms with Gasteiger partial charge in [-0.25, -0.2) is 0 Å². The number of anilines is 1. The van der Waals surface area contributed by atoms with Gasteiger partial charge in [-0.15, -0.1) is 0 Å². The first-order valence-electron chi connectivity index (χ1n) is 10.3. The van der Waals surface area contributed by atoms with E-state index in [2.05, 4.69) is 10.6 Å². The van der Waals surface area contributed by atoms with Crippen LogP contribution >= 0.6 is 0 Å². The predicted molar refractivity (Wildman–Crippen MR) is 119 cm³/mol. The van der Waals surface area contributed by atoms with Crippen LogP contribution in [0, 0.1) is 6.92 Å². The zero-order valence-electron chi connectivity index (χ0n) is 18.1. The Labute approximate surface area is 178 Å². The molecule has 0 fully saturated rings. The van der Waals surface area contributed by atoms with E-state index in [1.54, 1.807) is 4.90 Å². The van der Waals surface area contributed by atoms with Gasteiger partial charge < -0.3 is 15.5 Å². The fourth-order valence-corrected chi connectivity index (χ4v) is 3.18. The van der Waals surface area contributed by atoms with Crippen molar-refractivity contribution in [2.24, 2.45) is 0 Å². The molecule has 0 heterocycles. The van der Waals surface area contributed by atoms with Crippen LogP contribution in [0.4, 0.5) is 5.69 Å². The van der Waals surface area contributed by atoms with Crippen molar-refractivity contribution in [2.45, 2.75) is 46.1 Å². The molecule has 0 aromatic heterocycles. The molecular weight excluding hydrogens is 378 g/mol. The molecule has 6 heteroatoms. The number of carbonyl (C=O) groups excluding carboxylic acids is 3. The second-order valence-electron chi connectivity index (χ2n) is 7.62. The average Bonchev–Trinajstić information content (AvgIpc) is 2.73. The first-order chi connectivity index (χ1) is 14.3. The molecule has 3 amide bonds. The van der Waals surface area contributed by atoms with E-state index in [0.717, 1.165) is 11.1 Å². The summed E-state index contributed by atoms with van der Waals surface area (Å²) in [6.45, 7) is 7.46. The van der Waals surface area contributed by atoms with Crippen molar-refractivity contribution in [1.82, 2.24) is 10.2 Å². The predicted octanol–water partition coefficient (Wildman–Crippen LogP) is 3.48. The summed E-state index contributed by atoms with van der Waals surface area (Å²) in [5.41, 5.74) is 2.71. The van der Waals surface area contributed by atoms with Crippen LogP contribution in [-0.2, 0) is 14.4 Å². The summed E-state index contributed by atoms with van der Waals surface area (Å²) < 4.78 is 0. The van der Waals surface area contributed by atoms with Crippen molar-refractivity contribution in [1.29, 1.82) is 0 Å². The maximum absolute atomic E-state index is 13.1. The molecule has 2 N–H and O–H groups in total. The molecule has 0 unspecified atom stereocenters. The molecule has 0 saturated heterocycles. The molecule has 160 valence electrons. The highest BCUT2D eigenvalue weighted by molar-refractivity contribution is 5.95. The van der Waals surface area contributed by atoms with Crippen LogP contribution in [0.2, 0.25) is 0 Å². The lowest BCUT2D eigenvalue weighted by Crippen LogP contribution is -2.47. The lowest BCUT2D eigenvalue weighted by Gasteiger charge is -2.30. The third-order valence-electron chi connectivity index (χ3n) is 4.91. The number of hydrogen-bond acceptors (Lipinski definition) is 3. The molecule has 2 rings (SSSR count). The summed E-state index contributed by atoms with van der Waals surface area (Å²) in [6.07, 6.45) is 0.645. The normalized spacial score (nSPS) is 11.6. The summed E-state index contributed by atoms with van der Waals surface area (Å²) in [5, 5.41) is 5.34. The summed E-state index contributed by atoms with van der Waals surface area (Å²) >= 11 is 0. The van der Waals surface area contributed by atoms with Gasteiger partial charge in [0.15, 0.2) is 0 Å². The van der Waals surface area contributed by atoms with Gasteiger partial charge in [-0.3, -0.25) is 14.4 Å². The topological polar surface area (TPSA) is 78.5 Å². The minimum Gasteiger partial charge on any atom is -0.345 e. The van der Waals surface area contributed by atoms with E-state index in [0.29, 0.717) is 12.1 Å². The lowest BCUT2D eigenvalue weighted by atomic mass is 9.94. The molecule has 0 aliphatic carbocycles. The summed E-state index contributed by atoms with van der Waals surface area (Å²) in [7, 11) is 0. The van der Waals surface area contributed by atoms with Gasteiger partial charge in [-0.2, -0.15) is 0 Å². The molecule has 0 aliphatic rings. The zero-order chi connectivity index (χ0) is 22.1. The number of rotatable bonds is 9. The van der Waals surface area contributed by atoms with Crippen LogP contribution < -0.4 is 10.6 Å². The molecule has 1 atom stereocenters. The number of nitrogens with zero attached hydrogens (tertiary/aromatic N) is 1. The Morgan fingerprint density at radius 3 is 2.13 bits per heavy atom. The quantitative estimate of drug-likeness (QED) is 0.666. The summed E-state index contributed by atoms with van der Waals surface area (Å²) in [6, 6.07) is 16.9. The average molecular weight is 410 g/mol. The van der Waals surface area contributed by atoms with E-state index in [4.69, 9.17) is 0 Å². The monoisotopic (exact) mass is 409 g/mol. The first kappa shape index (κ1) is 23.1. The smallest absolute Gasteiger partial charge is 0.243 e. The lowest BCUT2D eigenvalue weighted by molar-refractivity contribution is -0.139. The van der Waals surface area contributed by atoms with Gasteiger partial charge in [-0.1, -0.05) is 55.0 Å². The van der Waals surface area contributed by atoms with E-state index < -0.39 is 0 Å². The minimum atomic E-state index is -0.362. The third-order valence-corrected chi connectivity index (χ3v) is 4.91. The van der Waals surface area contributed by atoms with E-state index in [1.165, 1.54) is 0 Å². The highest BCUT2D eigenvalue weighted by Gasteiger charge is 2.27. The summed E-state index contributed by atoms with van der Waals surface area (Å²) in [4.78, 5) is 39.2. The van der Waals surface area contributed by atoms with Crippen molar-refractivity contribution in [3.63, 3.8) is 0 Å². The summed E-state index contributed by atoms with van der Waals surface area (Å²) in [5.74, 6) is -1.06. The minimum absolute atomic E-state index is 0.0852. The van der Waals surface area contributed by atoms with Crippen molar-refractivity contribution < 1.29 is 14.4 Å². The highest BCUT2D eigenvalue weighted by Crippen LogP contribution is 2.23. The van der Waals surface area contributed by atoms with Crippen molar-refractivity contribution in [3.8, 4) is 0 Å². The first-order valence-corrected chi connectivity index (χ1v) is 10.3. The van der Waals surface area contributed by atoms with Crippen LogP contribution in [0.15, 0.2) is 54.6 Å². The molecule has 6 nitrogen and oxygen atoms in total. The van der Waals surface area contributed by atoms with Crippen molar-refractivity contribution in [2.75, 3.05) is 18.4 Å². The van der Waals surface area contributed by atoms with E-state index in [9.17, 15) is 14.4 Å². The maximum Gasteiger partial charge on any atom is 0.243 e. The molecular formula is C24H31N3O3. The Hall–Kier alpha value is -3.15. The van der Waals surface area contributed by atoms with Gasteiger partial charge >= 0.3 is 0 Å². The Bertz CT molecular complexity index is 848. The third kappa shape index (κ3) is 6.72. The van der Waals surface area contributed by atoms with E-state index in [-0.39, 0.29) is 42.8 Å². The molecule has 0 saturated carbocycles. The molecule has 2 aromatic carbocycles. The Morgan fingerprint density at radius 2 is 1.57 bits per heavy atom. The standard InChI is InChI=1S/C24H31N3O3/c1-5-21(19-9-7-6-8-10-19)24(30)27(17(2)3)16-23(29)25-15-22(28)26-20-13-11-18(4)12-14-20/h6-14,17,21H,5,15-16H2,1-4H3,(H,25,29)(H,26,28)/t21-/m1/s1. The Morgan fingerprint density at radius 1 is 0.933 bits per heavy atom. The Kier molecular flexibility index (Phi) is 8.59. The van der Waals surface area contributed by atoms with Crippen LogP contribution in [-0.4, -0.2) is 41.8 Å². The van der Waals surface area contributed by atoms with Crippen molar-refractivity contribution >= 4 is 23.4 Å². The number of aryl methyl sites for hydroxylation is 1. The largest absolute Gasteiger partial charge is 0.345 e. The second-order valence-corrected chi connectivity index (χ2v) is 7.62. The molecule has 2 aromatic rings. The van der Waals surface area contributed by atoms with Crippen molar-refractivity contribution in [3.05, 3.63) is 65.7 Å². The number of hydrogen-bond donors (Lipinski definition) is 2. The number of carbonyl (C=O) groups is 3. The number of nitrogens with one attached hydrogen (secondary N) is 2. The zero-order valence-corrected chi connectivity index (χ0v) is 18.1. The van der Waals surface area contributed by atoms with Crippen LogP contribution in [0.25, 0.3) is 0 Å². The van der Waals surface area contributed by atoms with Gasteiger partial charge in [-0.05, 0) is 44.9 Å². The number of amides is 3. The van der Waals surface area contributed by atoms with Crippen LogP contribution in [0.3, 0.4) is 0 Å². The highest BCUT2D eigenvalue weighted by atomic mass is 16.2. The van der Waals surface area contributed by atoms with E-state index in [1.807, 2.05) is 82.3 Å². The van der Waals surface area contributed by atoms with Gasteiger partial charge in [0.25, 0.3) is 0 Å². The maximum atomic E-state index is 13.1. The molecule has 0 radical (unpaired) electrons. The number of benzene rings is 2. The molecule has 0 spiro atoms. The SMILES string of the molecule is CC[C@@H](C(=O)N(CC(=O)NCC(=O)Nc1ccc(C)cc1)C(C)C)c1ccccc1. The second kappa shape index (κ2) is 11.1. The van der Waals surface area contributed by atoms with Gasteiger partial charge in [0.05, 0.1) is 19.0 Å². The van der Waals surface area contributed by atoms with Crippen LogP contribution in [0.5, 0.6) is 0 Å². The Balaban J connectivity index is 1.93. The van der Waals surface area contributed by atoms with Gasteiger partial charge in [0.2, 0.25) is 17.7 Å². The van der Waals surface area contributed by atoms with Crippen LogP contribution in [0.1, 0.15) is 44.2 Å². The molecule has 0 aliphatic heterocycles. The van der Waals surface area contributed by atoms with Gasteiger partial charge in [0.1, 0.15) is 0 Å². The fourth-order valence-electron chi connectivity index (χ4n) is 3.18.